The van der Waals surface area contributed by atoms with E-state index in [1.165, 1.54) is 0 Å². The van der Waals surface area contributed by atoms with E-state index in [0.717, 1.165) is 11.8 Å². The molecule has 0 saturated heterocycles. The number of aromatic nitrogens is 1. The van der Waals surface area contributed by atoms with Crippen molar-refractivity contribution in [2.75, 3.05) is 6.54 Å². The molecule has 0 amide bonds. The number of carboxylic acids is 1. The van der Waals surface area contributed by atoms with Gasteiger partial charge in [-0.25, -0.2) is 9.78 Å². The van der Waals surface area contributed by atoms with Crippen molar-refractivity contribution in [2.24, 2.45) is 0 Å². The van der Waals surface area contributed by atoms with Crippen molar-refractivity contribution in [3.05, 3.63) is 52.7 Å². The molecule has 30 heavy (non-hydrogen) atoms. The zero-order valence-corrected chi connectivity index (χ0v) is 20.1. The average Bonchev–Trinajstić information content (AvgIpc) is 3.05. The molecule has 0 aliphatic heterocycles. The maximum Gasteiger partial charge on any atom is 0.357 e. The second-order valence-corrected chi connectivity index (χ2v) is 12.4. The Bertz CT molecular complexity index is 850. The predicted molar refractivity (Wildman–Crippen MR) is 118 cm³/mol. The van der Waals surface area contributed by atoms with Gasteiger partial charge in [-0.05, 0) is 58.5 Å². The number of carboxylic acid groups (broad SMARTS) is 1. The second kappa shape index (κ2) is 10.1. The molecule has 2 atom stereocenters. The molecule has 0 spiro atoms. The third-order valence-electron chi connectivity index (χ3n) is 4.10. The Morgan fingerprint density at radius 3 is 2.63 bits per heavy atom. The SMILES string of the molecule is C[C@H](Cc1nc(C(=O)O)co1)NCC(O[Si](C)(C)OC(C)(C)C)c1cccc(Cl)c1. The Labute approximate surface area is 184 Å². The van der Waals surface area contributed by atoms with Crippen molar-refractivity contribution in [2.45, 2.75) is 65.0 Å². The first-order chi connectivity index (χ1) is 13.8. The van der Waals surface area contributed by atoms with Gasteiger partial charge in [-0.15, -0.1) is 0 Å². The van der Waals surface area contributed by atoms with E-state index in [-0.39, 0.29) is 23.4 Å². The van der Waals surface area contributed by atoms with Crippen molar-refractivity contribution in [1.29, 1.82) is 0 Å². The van der Waals surface area contributed by atoms with Crippen LogP contribution in [0.4, 0.5) is 0 Å². The summed E-state index contributed by atoms with van der Waals surface area (Å²) < 4.78 is 17.9. The third-order valence-corrected chi connectivity index (χ3v) is 6.29. The van der Waals surface area contributed by atoms with Gasteiger partial charge < -0.3 is 23.7 Å². The minimum atomic E-state index is -2.44. The maximum atomic E-state index is 11.0. The Morgan fingerprint density at radius 1 is 1.37 bits per heavy atom. The van der Waals surface area contributed by atoms with E-state index in [4.69, 9.17) is 30.0 Å². The van der Waals surface area contributed by atoms with E-state index >= 15 is 0 Å². The van der Waals surface area contributed by atoms with Gasteiger partial charge in [0, 0.05) is 24.0 Å². The topological polar surface area (TPSA) is 93.8 Å². The normalized spacial score (nSPS) is 14.5. The first-order valence-corrected chi connectivity index (χ1v) is 13.1. The van der Waals surface area contributed by atoms with Crippen molar-refractivity contribution < 1.29 is 23.2 Å². The lowest BCUT2D eigenvalue weighted by atomic mass is 10.1. The van der Waals surface area contributed by atoms with Gasteiger partial charge in [-0.3, -0.25) is 0 Å². The van der Waals surface area contributed by atoms with E-state index in [9.17, 15) is 4.79 Å². The Hall–Kier alpha value is -1.71. The highest BCUT2D eigenvalue weighted by Crippen LogP contribution is 2.27. The van der Waals surface area contributed by atoms with Gasteiger partial charge in [-0.2, -0.15) is 0 Å². The molecule has 9 heteroatoms. The molecule has 0 fully saturated rings. The van der Waals surface area contributed by atoms with Gasteiger partial charge in [0.2, 0.25) is 0 Å². The van der Waals surface area contributed by atoms with Crippen LogP contribution >= 0.6 is 11.6 Å². The molecule has 2 N–H and O–H groups in total. The smallest absolute Gasteiger partial charge is 0.357 e. The molecular weight excluding hydrogens is 424 g/mol. The number of rotatable bonds is 10. The Morgan fingerprint density at radius 2 is 2.07 bits per heavy atom. The lowest BCUT2D eigenvalue weighted by Crippen LogP contribution is -2.45. The molecule has 0 saturated carbocycles. The number of hydrogen-bond donors (Lipinski definition) is 2. The zero-order chi connectivity index (χ0) is 22.5. The fourth-order valence-electron chi connectivity index (χ4n) is 3.18. The molecule has 2 rings (SSSR count). The third kappa shape index (κ3) is 8.20. The van der Waals surface area contributed by atoms with Crippen LogP contribution in [0.1, 0.15) is 55.7 Å². The molecule has 7 nitrogen and oxygen atoms in total. The molecule has 2 aromatic rings. The summed E-state index contributed by atoms with van der Waals surface area (Å²) in [4.78, 5) is 14.9. The number of carbonyl (C=O) groups is 1. The number of halogens is 1. The van der Waals surface area contributed by atoms with Crippen LogP contribution in [0, 0.1) is 0 Å². The molecule has 0 aliphatic carbocycles. The largest absolute Gasteiger partial charge is 0.476 e. The summed E-state index contributed by atoms with van der Waals surface area (Å²) in [6.07, 6.45) is 1.35. The van der Waals surface area contributed by atoms with Gasteiger partial charge in [0.15, 0.2) is 11.6 Å². The van der Waals surface area contributed by atoms with Gasteiger partial charge in [0.05, 0.1) is 11.7 Å². The monoisotopic (exact) mass is 454 g/mol. The highest BCUT2D eigenvalue weighted by atomic mass is 35.5. The number of hydrogen-bond acceptors (Lipinski definition) is 6. The van der Waals surface area contributed by atoms with Gasteiger partial charge >= 0.3 is 14.5 Å². The van der Waals surface area contributed by atoms with Crippen molar-refractivity contribution >= 4 is 26.1 Å². The number of aromatic carboxylic acids is 1. The van der Waals surface area contributed by atoms with Crippen LogP contribution in [0.15, 0.2) is 34.9 Å². The number of nitrogens with zero attached hydrogens (tertiary/aromatic N) is 1. The minimum absolute atomic E-state index is 0.0103. The van der Waals surface area contributed by atoms with E-state index in [0.29, 0.717) is 23.9 Å². The lowest BCUT2D eigenvalue weighted by Gasteiger charge is -2.35. The summed E-state index contributed by atoms with van der Waals surface area (Å²) >= 11 is 6.20. The van der Waals surface area contributed by atoms with E-state index in [2.05, 4.69) is 10.3 Å². The highest BCUT2D eigenvalue weighted by Gasteiger charge is 2.34. The molecule has 1 heterocycles. The maximum absolute atomic E-state index is 11.0. The summed E-state index contributed by atoms with van der Waals surface area (Å²) in [7, 11) is -2.44. The quantitative estimate of drug-likeness (QED) is 0.497. The standard InChI is InChI=1S/C21H31ClN2O5Si/c1-14(10-19-24-17(13-27-19)20(25)26)23-12-18(15-8-7-9-16(22)11-15)28-30(5,6)29-21(2,3)4/h7-9,11,13-14,18,23H,10,12H2,1-6H3,(H,25,26)/t14-,18?/m1/s1. The van der Waals surface area contributed by atoms with Crippen molar-refractivity contribution in [1.82, 2.24) is 10.3 Å². The summed E-state index contributed by atoms with van der Waals surface area (Å²) in [6.45, 7) is 12.6. The number of nitrogens with one attached hydrogen (secondary N) is 1. The summed E-state index contributed by atoms with van der Waals surface area (Å²) in [6, 6.07) is 7.60. The second-order valence-electron chi connectivity index (χ2n) is 8.72. The molecule has 0 bridgehead atoms. The predicted octanol–water partition coefficient (Wildman–Crippen LogP) is 4.82. The Kier molecular flexibility index (Phi) is 8.24. The van der Waals surface area contributed by atoms with Crippen LogP contribution in [-0.2, 0) is 15.3 Å². The molecule has 1 unspecified atom stereocenters. The first kappa shape index (κ1) is 24.6. The van der Waals surface area contributed by atoms with Crippen LogP contribution in [0.2, 0.25) is 18.1 Å². The average molecular weight is 455 g/mol. The molecule has 0 radical (unpaired) electrons. The van der Waals surface area contributed by atoms with Crippen molar-refractivity contribution in [3.8, 4) is 0 Å². The van der Waals surface area contributed by atoms with Gasteiger partial charge in [-0.1, -0.05) is 23.7 Å². The molecule has 1 aromatic carbocycles. The van der Waals surface area contributed by atoms with Crippen LogP contribution in [0.3, 0.4) is 0 Å². The molecule has 166 valence electrons. The Balaban J connectivity index is 2.07. The number of oxazole rings is 1. The van der Waals surface area contributed by atoms with Crippen molar-refractivity contribution in [3.63, 3.8) is 0 Å². The van der Waals surface area contributed by atoms with Gasteiger partial charge in [0.25, 0.3) is 0 Å². The summed E-state index contributed by atoms with van der Waals surface area (Å²) in [5.74, 6) is -0.732. The summed E-state index contributed by atoms with van der Waals surface area (Å²) in [5.41, 5.74) is 0.566. The van der Waals surface area contributed by atoms with Crippen LogP contribution in [-0.4, -0.2) is 42.8 Å². The van der Waals surface area contributed by atoms with E-state index in [1.54, 1.807) is 0 Å². The van der Waals surface area contributed by atoms with Gasteiger partial charge in [0.1, 0.15) is 6.26 Å². The van der Waals surface area contributed by atoms with Crippen LogP contribution in [0.5, 0.6) is 0 Å². The lowest BCUT2D eigenvalue weighted by molar-refractivity contribution is 0.0459. The minimum Gasteiger partial charge on any atom is -0.476 e. The number of benzene rings is 1. The first-order valence-electron chi connectivity index (χ1n) is 9.89. The van der Waals surface area contributed by atoms with E-state index < -0.39 is 14.5 Å². The molecular formula is C21H31ClN2O5Si. The van der Waals surface area contributed by atoms with Crippen LogP contribution < -0.4 is 5.32 Å². The highest BCUT2D eigenvalue weighted by molar-refractivity contribution is 6.64. The molecule has 1 aromatic heterocycles. The van der Waals surface area contributed by atoms with E-state index in [1.807, 2.05) is 65.1 Å². The zero-order valence-electron chi connectivity index (χ0n) is 18.4. The van der Waals surface area contributed by atoms with Crippen LogP contribution in [0.25, 0.3) is 0 Å². The fourth-order valence-corrected chi connectivity index (χ4v) is 5.81. The summed E-state index contributed by atoms with van der Waals surface area (Å²) in [5, 5.41) is 13.0. The fraction of sp³-hybridized carbons (Fsp3) is 0.524. The molecule has 0 aliphatic rings.